The molecular formula is C21H31N5. The zero-order valence-electron chi connectivity index (χ0n) is 16.0. The molecule has 2 aromatic rings. The summed E-state index contributed by atoms with van der Waals surface area (Å²) in [6.45, 7) is 5.00. The summed E-state index contributed by atoms with van der Waals surface area (Å²) in [5.41, 5.74) is 1.78. The van der Waals surface area contributed by atoms with Gasteiger partial charge in [0, 0.05) is 45.5 Å². The van der Waals surface area contributed by atoms with Crippen molar-refractivity contribution in [2.75, 3.05) is 20.1 Å². The minimum absolute atomic E-state index is 0.490. The minimum Gasteiger partial charge on any atom is -0.356 e. The van der Waals surface area contributed by atoms with Crippen molar-refractivity contribution in [2.24, 2.45) is 10.4 Å². The van der Waals surface area contributed by atoms with Gasteiger partial charge < -0.3 is 15.2 Å². The van der Waals surface area contributed by atoms with Crippen LogP contribution >= 0.6 is 0 Å². The second kappa shape index (κ2) is 8.88. The van der Waals surface area contributed by atoms with Crippen molar-refractivity contribution < 1.29 is 0 Å². The molecule has 0 unspecified atom stereocenters. The van der Waals surface area contributed by atoms with E-state index in [9.17, 15) is 0 Å². The monoisotopic (exact) mass is 353 g/mol. The molecule has 2 N–H and O–H groups in total. The number of nitrogens with zero attached hydrogens (tertiary/aromatic N) is 3. The van der Waals surface area contributed by atoms with Crippen LogP contribution in [0.5, 0.6) is 0 Å². The summed E-state index contributed by atoms with van der Waals surface area (Å²) < 4.78 is 2.22. The quantitative estimate of drug-likeness (QED) is 0.566. The summed E-state index contributed by atoms with van der Waals surface area (Å²) in [6, 6.07) is 10.5. The van der Waals surface area contributed by atoms with E-state index in [2.05, 4.69) is 62.6 Å². The van der Waals surface area contributed by atoms with Crippen LogP contribution in [0.3, 0.4) is 0 Å². The smallest absolute Gasteiger partial charge is 0.191 e. The first-order valence-corrected chi connectivity index (χ1v) is 9.73. The van der Waals surface area contributed by atoms with Gasteiger partial charge >= 0.3 is 0 Å². The predicted molar refractivity (Wildman–Crippen MR) is 107 cm³/mol. The Balaban J connectivity index is 1.46. The molecule has 1 saturated carbocycles. The SMILES string of the molecule is CCC1(CNC(=NC)NCCc2nccn2Cc2ccccc2)CCC1. The Morgan fingerprint density at radius 2 is 2.04 bits per heavy atom. The molecule has 3 rings (SSSR count). The first-order chi connectivity index (χ1) is 12.7. The van der Waals surface area contributed by atoms with E-state index in [1.165, 1.54) is 31.2 Å². The van der Waals surface area contributed by atoms with E-state index in [4.69, 9.17) is 0 Å². The third-order valence-electron chi connectivity index (χ3n) is 5.66. The lowest BCUT2D eigenvalue weighted by atomic mass is 9.67. The molecule has 0 bridgehead atoms. The highest BCUT2D eigenvalue weighted by atomic mass is 15.2. The third-order valence-corrected chi connectivity index (χ3v) is 5.66. The summed E-state index contributed by atoms with van der Waals surface area (Å²) in [6.07, 6.45) is 10.1. The second-order valence-electron chi connectivity index (χ2n) is 7.27. The first-order valence-electron chi connectivity index (χ1n) is 9.73. The van der Waals surface area contributed by atoms with Gasteiger partial charge in [0.1, 0.15) is 5.82 Å². The summed E-state index contributed by atoms with van der Waals surface area (Å²) in [5, 5.41) is 6.94. The lowest BCUT2D eigenvalue weighted by Crippen LogP contribution is -2.46. The molecule has 1 aliphatic rings. The van der Waals surface area contributed by atoms with E-state index in [0.717, 1.165) is 37.8 Å². The maximum Gasteiger partial charge on any atom is 0.191 e. The van der Waals surface area contributed by atoms with Crippen LogP contribution in [0.15, 0.2) is 47.7 Å². The van der Waals surface area contributed by atoms with Gasteiger partial charge in [0.2, 0.25) is 0 Å². The van der Waals surface area contributed by atoms with Crippen molar-refractivity contribution in [2.45, 2.75) is 45.6 Å². The van der Waals surface area contributed by atoms with E-state index in [1.807, 2.05) is 19.3 Å². The standard InChI is InChI=1S/C21H31N5/c1-3-21(11-7-12-21)17-25-20(22-2)24-13-10-19-23-14-15-26(19)16-18-8-5-4-6-9-18/h4-6,8-9,14-15H,3,7,10-13,16-17H2,1-2H3,(H2,22,24,25). The molecule has 26 heavy (non-hydrogen) atoms. The fourth-order valence-electron chi connectivity index (χ4n) is 3.61. The highest BCUT2D eigenvalue weighted by Gasteiger charge is 2.34. The van der Waals surface area contributed by atoms with Crippen LogP contribution in [0.4, 0.5) is 0 Å². The molecule has 1 heterocycles. The average molecular weight is 354 g/mol. The molecule has 1 aromatic carbocycles. The Morgan fingerprint density at radius 3 is 2.69 bits per heavy atom. The number of guanidine groups is 1. The number of rotatable bonds is 8. The van der Waals surface area contributed by atoms with Crippen molar-refractivity contribution in [3.05, 3.63) is 54.1 Å². The molecule has 1 aromatic heterocycles. The number of nitrogens with one attached hydrogen (secondary N) is 2. The summed E-state index contributed by atoms with van der Waals surface area (Å²) in [4.78, 5) is 8.88. The molecule has 1 fully saturated rings. The lowest BCUT2D eigenvalue weighted by Gasteiger charge is -2.41. The van der Waals surface area contributed by atoms with Crippen molar-refractivity contribution >= 4 is 5.96 Å². The van der Waals surface area contributed by atoms with Crippen molar-refractivity contribution in [3.63, 3.8) is 0 Å². The lowest BCUT2D eigenvalue weighted by molar-refractivity contribution is 0.131. The zero-order chi connectivity index (χ0) is 18.2. The van der Waals surface area contributed by atoms with Gasteiger partial charge in [-0.2, -0.15) is 0 Å². The number of imidazole rings is 1. The van der Waals surface area contributed by atoms with Gasteiger partial charge in [-0.05, 0) is 30.2 Å². The van der Waals surface area contributed by atoms with Crippen LogP contribution < -0.4 is 10.6 Å². The molecule has 5 nitrogen and oxygen atoms in total. The van der Waals surface area contributed by atoms with Gasteiger partial charge in [-0.1, -0.05) is 43.7 Å². The Hall–Kier alpha value is -2.30. The van der Waals surface area contributed by atoms with Crippen LogP contribution in [-0.2, 0) is 13.0 Å². The van der Waals surface area contributed by atoms with Gasteiger partial charge in [-0.25, -0.2) is 4.98 Å². The van der Waals surface area contributed by atoms with Gasteiger partial charge in [0.05, 0.1) is 0 Å². The largest absolute Gasteiger partial charge is 0.356 e. The van der Waals surface area contributed by atoms with Gasteiger partial charge in [0.25, 0.3) is 0 Å². The van der Waals surface area contributed by atoms with Crippen LogP contribution in [0.25, 0.3) is 0 Å². The van der Waals surface area contributed by atoms with Gasteiger partial charge in [0.15, 0.2) is 5.96 Å². The van der Waals surface area contributed by atoms with Gasteiger partial charge in [-0.15, -0.1) is 0 Å². The van der Waals surface area contributed by atoms with Crippen LogP contribution in [0.1, 0.15) is 44.0 Å². The summed E-state index contributed by atoms with van der Waals surface area (Å²) in [7, 11) is 1.84. The molecule has 0 radical (unpaired) electrons. The zero-order valence-corrected chi connectivity index (χ0v) is 16.0. The minimum atomic E-state index is 0.490. The highest BCUT2D eigenvalue weighted by molar-refractivity contribution is 5.79. The fraction of sp³-hybridized carbons (Fsp3) is 0.524. The molecule has 0 amide bonds. The van der Waals surface area contributed by atoms with E-state index in [-0.39, 0.29) is 0 Å². The fourth-order valence-corrected chi connectivity index (χ4v) is 3.61. The number of hydrogen-bond donors (Lipinski definition) is 2. The Kier molecular flexibility index (Phi) is 6.31. The molecule has 1 aliphatic carbocycles. The number of aromatic nitrogens is 2. The summed E-state index contributed by atoms with van der Waals surface area (Å²) >= 11 is 0. The van der Waals surface area contributed by atoms with Crippen molar-refractivity contribution in [3.8, 4) is 0 Å². The highest BCUT2D eigenvalue weighted by Crippen LogP contribution is 2.42. The number of hydrogen-bond acceptors (Lipinski definition) is 2. The van der Waals surface area contributed by atoms with Gasteiger partial charge in [-0.3, -0.25) is 4.99 Å². The average Bonchev–Trinajstić information content (AvgIpc) is 3.07. The van der Waals surface area contributed by atoms with E-state index < -0.39 is 0 Å². The number of aliphatic imine (C=N–C) groups is 1. The molecule has 0 spiro atoms. The molecule has 0 saturated heterocycles. The Morgan fingerprint density at radius 1 is 1.23 bits per heavy atom. The second-order valence-corrected chi connectivity index (χ2v) is 7.27. The number of benzene rings is 1. The van der Waals surface area contributed by atoms with Crippen molar-refractivity contribution in [1.29, 1.82) is 0 Å². The molecule has 0 atom stereocenters. The predicted octanol–water partition coefficient (Wildman–Crippen LogP) is 3.22. The van der Waals surface area contributed by atoms with E-state index >= 15 is 0 Å². The summed E-state index contributed by atoms with van der Waals surface area (Å²) in [5.74, 6) is 1.99. The van der Waals surface area contributed by atoms with Crippen LogP contribution in [0.2, 0.25) is 0 Å². The maximum absolute atomic E-state index is 4.52. The molecule has 5 heteroatoms. The van der Waals surface area contributed by atoms with Crippen LogP contribution in [0, 0.1) is 5.41 Å². The maximum atomic E-state index is 4.52. The topological polar surface area (TPSA) is 54.2 Å². The molecular weight excluding hydrogens is 322 g/mol. The van der Waals surface area contributed by atoms with E-state index in [1.54, 1.807) is 0 Å². The Bertz CT molecular complexity index is 695. The Labute approximate surface area is 156 Å². The molecule has 140 valence electrons. The van der Waals surface area contributed by atoms with Crippen molar-refractivity contribution in [1.82, 2.24) is 20.2 Å². The normalized spacial score (nSPS) is 16.2. The third kappa shape index (κ3) is 4.65. The van der Waals surface area contributed by atoms with Crippen LogP contribution in [-0.4, -0.2) is 35.6 Å². The van der Waals surface area contributed by atoms with E-state index in [0.29, 0.717) is 5.41 Å². The first kappa shape index (κ1) is 18.5. The molecule has 0 aliphatic heterocycles.